The van der Waals surface area contributed by atoms with Gasteiger partial charge in [-0.25, -0.2) is 9.78 Å². The van der Waals surface area contributed by atoms with Crippen molar-refractivity contribution in [1.29, 1.82) is 0 Å². The zero-order valence-electron chi connectivity index (χ0n) is 24.0. The van der Waals surface area contributed by atoms with E-state index in [-0.39, 0.29) is 22.6 Å². The molecule has 1 heterocycles. The lowest BCUT2D eigenvalue weighted by Crippen LogP contribution is -2.39. The third kappa shape index (κ3) is 7.01. The quantitative estimate of drug-likeness (QED) is 0.302. The standard InChI is InChI=1S/C30H38F3N3O4/c1-27(2,3)24(25(37)38)39-21-12-13-23-22(14-21)35-26(34-18-8-10-20(11-9-18)40-30(31,32)33)36(23)19-15-28(4,5)17-29(6,7)16-19/h8-14,19,24H,15-17H2,1-7H3,(H,34,35)(H,37,38). The third-order valence-electron chi connectivity index (χ3n) is 7.17. The minimum absolute atomic E-state index is 0.0847. The Kier molecular flexibility index (Phi) is 7.53. The molecular weight excluding hydrogens is 523 g/mol. The number of hydrogen-bond acceptors (Lipinski definition) is 5. The number of carboxylic acids is 1. The van der Waals surface area contributed by atoms with Gasteiger partial charge in [0.25, 0.3) is 0 Å². The minimum Gasteiger partial charge on any atom is -0.478 e. The number of halogens is 3. The summed E-state index contributed by atoms with van der Waals surface area (Å²) in [4.78, 5) is 16.7. The van der Waals surface area contributed by atoms with E-state index in [0.717, 1.165) is 24.8 Å². The third-order valence-corrected chi connectivity index (χ3v) is 7.17. The van der Waals surface area contributed by atoms with E-state index < -0.39 is 23.9 Å². The molecule has 4 rings (SSSR count). The molecule has 0 radical (unpaired) electrons. The largest absolute Gasteiger partial charge is 0.573 e. The molecule has 2 N–H and O–H groups in total. The van der Waals surface area contributed by atoms with Crippen molar-refractivity contribution >= 4 is 28.6 Å². The predicted molar refractivity (Wildman–Crippen MR) is 148 cm³/mol. The van der Waals surface area contributed by atoms with Crippen LogP contribution in [0.5, 0.6) is 11.5 Å². The Morgan fingerprint density at radius 2 is 1.60 bits per heavy atom. The fraction of sp³-hybridized carbons (Fsp3) is 0.533. The molecule has 0 bridgehead atoms. The van der Waals surface area contributed by atoms with E-state index in [2.05, 4.69) is 42.3 Å². The summed E-state index contributed by atoms with van der Waals surface area (Å²) in [6.07, 6.45) is -2.91. The molecule has 218 valence electrons. The highest BCUT2D eigenvalue weighted by molar-refractivity contribution is 5.82. The normalized spacial score (nSPS) is 18.4. The topological polar surface area (TPSA) is 85.6 Å². The van der Waals surface area contributed by atoms with Crippen LogP contribution in [-0.4, -0.2) is 33.1 Å². The first-order valence-electron chi connectivity index (χ1n) is 13.4. The summed E-state index contributed by atoms with van der Waals surface area (Å²) in [6, 6.07) is 11.0. The number of hydrogen-bond donors (Lipinski definition) is 2. The van der Waals surface area contributed by atoms with Crippen LogP contribution >= 0.6 is 0 Å². The second kappa shape index (κ2) is 10.2. The maximum Gasteiger partial charge on any atom is 0.573 e. The van der Waals surface area contributed by atoms with Crippen LogP contribution in [0.15, 0.2) is 42.5 Å². The Labute approximate surface area is 232 Å². The molecule has 0 aliphatic heterocycles. The molecule has 0 saturated heterocycles. The van der Waals surface area contributed by atoms with Crippen LogP contribution in [0.1, 0.15) is 73.8 Å². The molecular formula is C30H38F3N3O4. The van der Waals surface area contributed by atoms with Gasteiger partial charge in [0, 0.05) is 23.2 Å². The molecule has 1 aromatic heterocycles. The molecule has 0 amide bonds. The lowest BCUT2D eigenvalue weighted by Gasteiger charge is -2.45. The van der Waals surface area contributed by atoms with E-state index in [1.807, 2.05) is 6.07 Å². The summed E-state index contributed by atoms with van der Waals surface area (Å²) in [5, 5.41) is 13.0. The Morgan fingerprint density at radius 3 is 2.12 bits per heavy atom. The summed E-state index contributed by atoms with van der Waals surface area (Å²) in [5.74, 6) is -0.425. The van der Waals surface area contributed by atoms with E-state index in [9.17, 15) is 23.1 Å². The van der Waals surface area contributed by atoms with Gasteiger partial charge in [-0.1, -0.05) is 48.5 Å². The lowest BCUT2D eigenvalue weighted by atomic mass is 9.63. The molecule has 1 aliphatic rings. The Hall–Kier alpha value is -3.43. The van der Waals surface area contributed by atoms with Crippen molar-refractivity contribution in [2.45, 2.75) is 86.2 Å². The van der Waals surface area contributed by atoms with Crippen LogP contribution in [0.25, 0.3) is 11.0 Å². The summed E-state index contributed by atoms with van der Waals surface area (Å²) in [7, 11) is 0. The number of anilines is 2. The van der Waals surface area contributed by atoms with Gasteiger partial charge >= 0.3 is 12.3 Å². The average molecular weight is 562 g/mol. The summed E-state index contributed by atoms with van der Waals surface area (Å²) in [6.45, 7) is 14.5. The van der Waals surface area contributed by atoms with Crippen molar-refractivity contribution in [3.63, 3.8) is 0 Å². The lowest BCUT2D eigenvalue weighted by molar-refractivity contribution is -0.274. The number of carboxylic acid groups (broad SMARTS) is 1. The molecule has 1 unspecified atom stereocenters. The fourth-order valence-electron chi connectivity index (χ4n) is 6.18. The number of ether oxygens (including phenoxy) is 2. The second-order valence-corrected chi connectivity index (χ2v) is 13.4. The maximum atomic E-state index is 12.6. The number of imidazole rings is 1. The maximum absolute atomic E-state index is 12.6. The number of fused-ring (bicyclic) bond motifs is 1. The average Bonchev–Trinajstić information content (AvgIpc) is 3.11. The van der Waals surface area contributed by atoms with Gasteiger partial charge in [-0.3, -0.25) is 0 Å². The molecule has 40 heavy (non-hydrogen) atoms. The van der Waals surface area contributed by atoms with Gasteiger partial charge in [0.05, 0.1) is 11.0 Å². The number of aliphatic carboxylic acids is 1. The molecule has 1 atom stereocenters. The summed E-state index contributed by atoms with van der Waals surface area (Å²) in [5.41, 5.74) is 1.57. The minimum atomic E-state index is -4.77. The molecule has 7 nitrogen and oxygen atoms in total. The van der Waals surface area contributed by atoms with Gasteiger partial charge in [-0.15, -0.1) is 13.2 Å². The molecule has 1 fully saturated rings. The molecule has 2 aromatic carbocycles. The van der Waals surface area contributed by atoms with Gasteiger partial charge in [0.1, 0.15) is 11.5 Å². The highest BCUT2D eigenvalue weighted by Crippen LogP contribution is 2.51. The molecule has 10 heteroatoms. The first kappa shape index (κ1) is 29.6. The number of aromatic nitrogens is 2. The van der Waals surface area contributed by atoms with Crippen LogP contribution < -0.4 is 14.8 Å². The second-order valence-electron chi connectivity index (χ2n) is 13.4. The van der Waals surface area contributed by atoms with E-state index in [1.165, 1.54) is 24.3 Å². The van der Waals surface area contributed by atoms with Gasteiger partial charge in [-0.05, 0) is 66.5 Å². The fourth-order valence-corrected chi connectivity index (χ4v) is 6.18. The smallest absolute Gasteiger partial charge is 0.478 e. The van der Waals surface area contributed by atoms with Gasteiger partial charge in [0.15, 0.2) is 6.10 Å². The molecule has 3 aromatic rings. The summed E-state index contributed by atoms with van der Waals surface area (Å²) < 4.78 is 49.9. The van der Waals surface area contributed by atoms with Crippen LogP contribution in [0, 0.1) is 16.2 Å². The van der Waals surface area contributed by atoms with E-state index in [0.29, 0.717) is 22.9 Å². The monoisotopic (exact) mass is 561 g/mol. The first-order chi connectivity index (χ1) is 18.3. The van der Waals surface area contributed by atoms with Crippen molar-refractivity contribution in [2.24, 2.45) is 16.2 Å². The highest BCUT2D eigenvalue weighted by Gasteiger charge is 2.40. The number of rotatable bonds is 7. The Balaban J connectivity index is 1.75. The van der Waals surface area contributed by atoms with Crippen molar-refractivity contribution in [1.82, 2.24) is 9.55 Å². The van der Waals surface area contributed by atoms with Crippen LogP contribution in [0.2, 0.25) is 0 Å². The number of benzene rings is 2. The van der Waals surface area contributed by atoms with Crippen LogP contribution in [0.3, 0.4) is 0 Å². The highest BCUT2D eigenvalue weighted by atomic mass is 19.4. The molecule has 1 aliphatic carbocycles. The number of alkyl halides is 3. The van der Waals surface area contributed by atoms with Crippen molar-refractivity contribution < 1.29 is 32.5 Å². The van der Waals surface area contributed by atoms with E-state index in [4.69, 9.17) is 9.72 Å². The Morgan fingerprint density at radius 1 is 1.02 bits per heavy atom. The zero-order chi connectivity index (χ0) is 29.7. The Bertz CT molecular complexity index is 1360. The van der Waals surface area contributed by atoms with E-state index >= 15 is 0 Å². The molecule has 1 saturated carbocycles. The van der Waals surface area contributed by atoms with Crippen molar-refractivity contribution in [3.05, 3.63) is 42.5 Å². The SMILES string of the molecule is CC1(C)CC(n2c(Nc3ccc(OC(F)(F)F)cc3)nc3cc(OC(C(=O)O)C(C)(C)C)ccc32)CC(C)(C)C1. The summed E-state index contributed by atoms with van der Waals surface area (Å²) >= 11 is 0. The van der Waals surface area contributed by atoms with Gasteiger partial charge in [0.2, 0.25) is 5.95 Å². The van der Waals surface area contributed by atoms with Gasteiger partial charge in [-0.2, -0.15) is 0 Å². The number of nitrogens with one attached hydrogen (secondary N) is 1. The van der Waals surface area contributed by atoms with E-state index in [1.54, 1.807) is 32.9 Å². The first-order valence-corrected chi connectivity index (χ1v) is 13.4. The zero-order valence-corrected chi connectivity index (χ0v) is 24.0. The number of nitrogens with zero attached hydrogens (tertiary/aromatic N) is 2. The van der Waals surface area contributed by atoms with Crippen molar-refractivity contribution in [3.8, 4) is 11.5 Å². The van der Waals surface area contributed by atoms with Crippen molar-refractivity contribution in [2.75, 3.05) is 5.32 Å². The number of carbonyl (C=O) groups is 1. The predicted octanol–water partition coefficient (Wildman–Crippen LogP) is 8.33. The van der Waals surface area contributed by atoms with Crippen LogP contribution in [-0.2, 0) is 4.79 Å². The van der Waals surface area contributed by atoms with Gasteiger partial charge < -0.3 is 24.5 Å². The van der Waals surface area contributed by atoms with Crippen LogP contribution in [0.4, 0.5) is 24.8 Å². The molecule has 0 spiro atoms.